The van der Waals surface area contributed by atoms with Crippen LogP contribution in [0.4, 0.5) is 15.8 Å². The van der Waals surface area contributed by atoms with Crippen molar-refractivity contribution >= 4 is 11.4 Å². The van der Waals surface area contributed by atoms with Crippen molar-refractivity contribution in [2.75, 3.05) is 25.1 Å². The molecule has 0 spiro atoms. The van der Waals surface area contributed by atoms with E-state index < -0.39 is 10.7 Å². The molecule has 0 aromatic heterocycles. The van der Waals surface area contributed by atoms with Crippen LogP contribution in [0.15, 0.2) is 12.1 Å². The third-order valence-corrected chi connectivity index (χ3v) is 3.76. The highest BCUT2D eigenvalue weighted by Crippen LogP contribution is 2.36. The summed E-state index contributed by atoms with van der Waals surface area (Å²) in [6.45, 7) is 3.22. The van der Waals surface area contributed by atoms with Gasteiger partial charge in [0.05, 0.1) is 18.1 Å². The number of benzene rings is 1. The zero-order chi connectivity index (χ0) is 14.9. The Hall–Kier alpha value is -1.89. The van der Waals surface area contributed by atoms with Crippen LogP contribution in [0.1, 0.15) is 13.3 Å². The number of hydrogen-bond acceptors (Lipinski definition) is 5. The molecule has 0 radical (unpaired) electrons. The van der Waals surface area contributed by atoms with Crippen LogP contribution in [0.25, 0.3) is 0 Å². The average molecular weight is 283 g/mol. The summed E-state index contributed by atoms with van der Waals surface area (Å²) >= 11 is 0. The van der Waals surface area contributed by atoms with E-state index in [0.29, 0.717) is 18.8 Å². The Balaban J connectivity index is 2.41. The molecule has 2 atom stereocenters. The number of piperidine rings is 1. The summed E-state index contributed by atoms with van der Waals surface area (Å²) in [6.07, 6.45) is 0.748. The predicted molar refractivity (Wildman–Crippen MR) is 73.6 cm³/mol. The van der Waals surface area contributed by atoms with E-state index in [9.17, 15) is 14.5 Å². The maximum Gasteiger partial charge on any atom is 0.295 e. The zero-order valence-corrected chi connectivity index (χ0v) is 11.5. The summed E-state index contributed by atoms with van der Waals surface area (Å²) < 4.78 is 18.5. The molecular weight excluding hydrogens is 265 g/mol. The van der Waals surface area contributed by atoms with Gasteiger partial charge in [0.25, 0.3) is 5.69 Å². The third-order valence-electron chi connectivity index (χ3n) is 3.76. The standard InChI is InChI=1S/C13H18FN3O3/c1-8-7-16(4-3-10(8)15)11-6-13(20-2)9(14)5-12(11)17(18)19/h5-6,8,10H,3-4,7,15H2,1-2H3. The minimum Gasteiger partial charge on any atom is -0.494 e. The van der Waals surface area contributed by atoms with E-state index in [0.717, 1.165) is 12.5 Å². The molecule has 1 saturated heterocycles. The number of nitrogens with zero attached hydrogens (tertiary/aromatic N) is 2. The molecule has 6 nitrogen and oxygen atoms in total. The minimum absolute atomic E-state index is 0.00752. The predicted octanol–water partition coefficient (Wildman–Crippen LogP) is 1.92. The van der Waals surface area contributed by atoms with E-state index in [1.165, 1.54) is 13.2 Å². The number of hydrogen-bond donors (Lipinski definition) is 1. The fraction of sp³-hybridized carbons (Fsp3) is 0.538. The normalized spacial score (nSPS) is 22.7. The van der Waals surface area contributed by atoms with Crippen molar-refractivity contribution in [1.29, 1.82) is 0 Å². The first-order chi connectivity index (χ1) is 9.43. The summed E-state index contributed by atoms with van der Waals surface area (Å²) in [5.74, 6) is -0.503. The van der Waals surface area contributed by atoms with Crippen LogP contribution in [-0.4, -0.2) is 31.2 Å². The molecule has 0 aliphatic carbocycles. The van der Waals surface area contributed by atoms with Crippen molar-refractivity contribution < 1.29 is 14.1 Å². The van der Waals surface area contributed by atoms with Gasteiger partial charge in [0.2, 0.25) is 0 Å². The van der Waals surface area contributed by atoms with E-state index in [2.05, 4.69) is 0 Å². The van der Waals surface area contributed by atoms with Crippen molar-refractivity contribution in [1.82, 2.24) is 0 Å². The lowest BCUT2D eigenvalue weighted by Gasteiger charge is -2.36. The Morgan fingerprint density at radius 3 is 2.80 bits per heavy atom. The summed E-state index contributed by atoms with van der Waals surface area (Å²) in [5.41, 5.74) is 6.09. The Kier molecular flexibility index (Phi) is 4.08. The average Bonchev–Trinajstić information content (AvgIpc) is 2.41. The SMILES string of the molecule is COc1cc(N2CCC(N)C(C)C2)c([N+](=O)[O-])cc1F. The number of methoxy groups -OCH3 is 1. The molecule has 0 saturated carbocycles. The molecule has 1 aromatic rings. The Morgan fingerprint density at radius 2 is 2.25 bits per heavy atom. The molecule has 1 aliphatic heterocycles. The highest BCUT2D eigenvalue weighted by atomic mass is 19.1. The number of rotatable bonds is 3. The van der Waals surface area contributed by atoms with Crippen LogP contribution >= 0.6 is 0 Å². The Bertz CT molecular complexity index is 524. The minimum atomic E-state index is -0.732. The van der Waals surface area contributed by atoms with E-state index in [4.69, 9.17) is 10.5 Å². The fourth-order valence-electron chi connectivity index (χ4n) is 2.47. The lowest BCUT2D eigenvalue weighted by Crippen LogP contribution is -2.46. The summed E-state index contributed by atoms with van der Waals surface area (Å²) in [5, 5.41) is 11.1. The van der Waals surface area contributed by atoms with Crippen molar-refractivity contribution in [3.8, 4) is 5.75 Å². The molecule has 2 N–H and O–H groups in total. The van der Waals surface area contributed by atoms with Gasteiger partial charge >= 0.3 is 0 Å². The fourth-order valence-corrected chi connectivity index (χ4v) is 2.47. The molecule has 2 unspecified atom stereocenters. The van der Waals surface area contributed by atoms with Gasteiger partial charge in [-0.2, -0.15) is 0 Å². The molecule has 1 heterocycles. The van der Waals surface area contributed by atoms with Crippen LogP contribution in [0, 0.1) is 21.8 Å². The second-order valence-corrected chi connectivity index (χ2v) is 5.11. The largest absolute Gasteiger partial charge is 0.494 e. The number of nitro groups is 1. The highest BCUT2D eigenvalue weighted by molar-refractivity contribution is 5.66. The van der Waals surface area contributed by atoms with Crippen LogP contribution < -0.4 is 15.4 Å². The first-order valence-electron chi connectivity index (χ1n) is 6.46. The Morgan fingerprint density at radius 1 is 1.55 bits per heavy atom. The van der Waals surface area contributed by atoms with Gasteiger partial charge in [-0.1, -0.05) is 6.92 Å². The molecule has 7 heteroatoms. The van der Waals surface area contributed by atoms with Gasteiger partial charge in [-0.25, -0.2) is 4.39 Å². The lowest BCUT2D eigenvalue weighted by molar-refractivity contribution is -0.384. The Labute approximate surface area is 116 Å². The van der Waals surface area contributed by atoms with Gasteiger partial charge < -0.3 is 15.4 Å². The number of halogens is 1. The summed E-state index contributed by atoms with van der Waals surface area (Å²) in [4.78, 5) is 12.4. The van der Waals surface area contributed by atoms with Crippen molar-refractivity contribution in [3.63, 3.8) is 0 Å². The topological polar surface area (TPSA) is 81.6 Å². The summed E-state index contributed by atoms with van der Waals surface area (Å²) in [7, 11) is 1.34. The molecule has 110 valence electrons. The summed E-state index contributed by atoms with van der Waals surface area (Å²) in [6, 6.07) is 2.39. The number of nitro benzene ring substituents is 1. The van der Waals surface area contributed by atoms with Crippen molar-refractivity contribution in [2.24, 2.45) is 11.7 Å². The van der Waals surface area contributed by atoms with Gasteiger partial charge in [0.1, 0.15) is 5.69 Å². The van der Waals surface area contributed by atoms with Gasteiger partial charge in [-0.05, 0) is 12.3 Å². The zero-order valence-electron chi connectivity index (χ0n) is 11.5. The molecule has 1 aliphatic rings. The van der Waals surface area contributed by atoms with Gasteiger partial charge in [-0.3, -0.25) is 10.1 Å². The second kappa shape index (κ2) is 5.62. The van der Waals surface area contributed by atoms with Crippen molar-refractivity contribution in [2.45, 2.75) is 19.4 Å². The smallest absolute Gasteiger partial charge is 0.295 e. The highest BCUT2D eigenvalue weighted by Gasteiger charge is 2.29. The maximum absolute atomic E-state index is 13.6. The molecule has 0 amide bonds. The monoisotopic (exact) mass is 283 g/mol. The van der Waals surface area contributed by atoms with Gasteiger partial charge in [-0.15, -0.1) is 0 Å². The second-order valence-electron chi connectivity index (χ2n) is 5.11. The van der Waals surface area contributed by atoms with Gasteiger partial charge in [0, 0.05) is 25.2 Å². The van der Waals surface area contributed by atoms with Gasteiger partial charge in [0.15, 0.2) is 11.6 Å². The first kappa shape index (κ1) is 14.5. The van der Waals surface area contributed by atoms with E-state index in [-0.39, 0.29) is 23.4 Å². The van der Waals surface area contributed by atoms with E-state index in [1.807, 2.05) is 11.8 Å². The quantitative estimate of drug-likeness (QED) is 0.677. The third kappa shape index (κ3) is 2.67. The van der Waals surface area contributed by atoms with Crippen molar-refractivity contribution in [3.05, 3.63) is 28.1 Å². The molecule has 1 aromatic carbocycles. The molecule has 0 bridgehead atoms. The van der Waals surface area contributed by atoms with E-state index >= 15 is 0 Å². The maximum atomic E-state index is 13.6. The molecule has 20 heavy (non-hydrogen) atoms. The van der Waals surface area contributed by atoms with E-state index in [1.54, 1.807) is 0 Å². The van der Waals surface area contributed by atoms with Crippen LogP contribution in [0.5, 0.6) is 5.75 Å². The number of anilines is 1. The molecular formula is C13H18FN3O3. The van der Waals surface area contributed by atoms with Crippen LogP contribution in [-0.2, 0) is 0 Å². The van der Waals surface area contributed by atoms with Crippen LogP contribution in [0.2, 0.25) is 0 Å². The number of ether oxygens (including phenoxy) is 1. The lowest BCUT2D eigenvalue weighted by atomic mass is 9.94. The first-order valence-corrected chi connectivity index (χ1v) is 6.46. The molecule has 1 fully saturated rings. The number of nitrogens with two attached hydrogens (primary N) is 1. The van der Waals surface area contributed by atoms with Crippen LogP contribution in [0.3, 0.4) is 0 Å². The molecule has 2 rings (SSSR count).